The minimum Gasteiger partial charge on any atom is -0.370 e. The number of nitrogens with two attached hydrogens (primary N) is 3. The lowest BCUT2D eigenvalue weighted by atomic mass is 10.1. The molecule has 0 radical (unpaired) electrons. The van der Waals surface area contributed by atoms with E-state index in [-0.39, 0.29) is 36.7 Å². The van der Waals surface area contributed by atoms with Crippen LogP contribution in [0.3, 0.4) is 0 Å². The molecule has 0 bridgehead atoms. The predicted molar refractivity (Wildman–Crippen MR) is 73.3 cm³/mol. The van der Waals surface area contributed by atoms with Crippen LogP contribution in [0.5, 0.6) is 0 Å². The van der Waals surface area contributed by atoms with Crippen molar-refractivity contribution in [2.75, 3.05) is 6.54 Å². The van der Waals surface area contributed by atoms with E-state index >= 15 is 0 Å². The lowest BCUT2D eigenvalue weighted by Gasteiger charge is -2.04. The number of aliphatic imine (C=N–C) groups is 2. The van der Waals surface area contributed by atoms with Crippen LogP contribution in [0, 0.1) is 0 Å². The topological polar surface area (TPSA) is 103 Å². The summed E-state index contributed by atoms with van der Waals surface area (Å²) in [6, 6.07) is 0. The molecule has 0 spiro atoms. The molecule has 6 N–H and O–H groups in total. The van der Waals surface area contributed by atoms with Gasteiger partial charge in [-0.2, -0.15) is 4.99 Å². The van der Waals surface area contributed by atoms with Gasteiger partial charge in [-0.05, 0) is 18.4 Å². The van der Waals surface area contributed by atoms with Gasteiger partial charge in [0.25, 0.3) is 0 Å². The van der Waals surface area contributed by atoms with Crippen LogP contribution in [0.25, 0.3) is 0 Å². The summed E-state index contributed by atoms with van der Waals surface area (Å²) in [7, 11) is 0. The Morgan fingerprint density at radius 2 is 1.88 bits per heavy atom. The van der Waals surface area contributed by atoms with Crippen molar-refractivity contribution < 1.29 is 0 Å². The quantitative estimate of drug-likeness (QED) is 0.389. The highest BCUT2D eigenvalue weighted by atomic mass is 35.5. The molecule has 1 aliphatic carbocycles. The fraction of sp³-hybridized carbons (Fsp3) is 0.333. The van der Waals surface area contributed by atoms with E-state index in [2.05, 4.69) is 28.2 Å². The van der Waals surface area contributed by atoms with Crippen molar-refractivity contribution in [3.63, 3.8) is 0 Å². The molecule has 0 heterocycles. The van der Waals surface area contributed by atoms with Crippen molar-refractivity contribution >= 4 is 36.7 Å². The van der Waals surface area contributed by atoms with Crippen LogP contribution in [0.2, 0.25) is 0 Å². The van der Waals surface area contributed by atoms with Crippen LogP contribution < -0.4 is 17.2 Å². The summed E-state index contributed by atoms with van der Waals surface area (Å²) in [5.74, 6) is 0.0595. The summed E-state index contributed by atoms with van der Waals surface area (Å²) in [5, 5.41) is 0. The third kappa shape index (κ3) is 7.14. The first-order chi connectivity index (χ1) is 6.68. The largest absolute Gasteiger partial charge is 0.370 e. The Hall–Kier alpha value is -1.20. The highest BCUT2D eigenvalue weighted by Gasteiger charge is 1.97. The molecule has 7 heteroatoms. The number of allylic oxidation sites excluding steroid dienone is 3. The van der Waals surface area contributed by atoms with E-state index in [4.69, 9.17) is 17.2 Å². The number of guanidine groups is 2. The average molecular weight is 266 g/mol. The van der Waals surface area contributed by atoms with E-state index in [0.29, 0.717) is 6.54 Å². The minimum absolute atomic E-state index is 0. The van der Waals surface area contributed by atoms with Gasteiger partial charge in [0, 0.05) is 0 Å². The number of hydrogen-bond acceptors (Lipinski definition) is 1. The molecule has 0 aliphatic heterocycles. The van der Waals surface area contributed by atoms with E-state index in [1.807, 2.05) is 0 Å². The van der Waals surface area contributed by atoms with Gasteiger partial charge in [-0.3, -0.25) is 0 Å². The number of nitrogens with zero attached hydrogens (tertiary/aromatic N) is 2. The maximum Gasteiger partial charge on any atom is 0.218 e. The van der Waals surface area contributed by atoms with Gasteiger partial charge in [0.05, 0.1) is 6.54 Å². The van der Waals surface area contributed by atoms with Gasteiger partial charge in [0.2, 0.25) is 5.96 Å². The lowest BCUT2D eigenvalue weighted by molar-refractivity contribution is 1.01. The maximum atomic E-state index is 5.45. The summed E-state index contributed by atoms with van der Waals surface area (Å²) in [5.41, 5.74) is 17.0. The number of rotatable bonds is 2. The van der Waals surface area contributed by atoms with Crippen molar-refractivity contribution in [3.05, 3.63) is 23.8 Å². The fourth-order valence-electron chi connectivity index (χ4n) is 1.13. The van der Waals surface area contributed by atoms with Gasteiger partial charge in [-0.25, -0.2) is 4.99 Å². The highest BCUT2D eigenvalue weighted by Crippen LogP contribution is 2.10. The van der Waals surface area contributed by atoms with E-state index in [1.165, 1.54) is 5.57 Å². The second-order valence-electron chi connectivity index (χ2n) is 2.98. The zero-order chi connectivity index (χ0) is 10.4. The summed E-state index contributed by atoms with van der Waals surface area (Å²) < 4.78 is 0. The maximum absolute atomic E-state index is 5.45. The van der Waals surface area contributed by atoms with Crippen molar-refractivity contribution in [3.8, 4) is 0 Å². The van der Waals surface area contributed by atoms with E-state index in [9.17, 15) is 0 Å². The third-order valence-corrected chi connectivity index (χ3v) is 1.78. The summed E-state index contributed by atoms with van der Waals surface area (Å²) in [6.45, 7) is 0.562. The molecule has 0 saturated heterocycles. The predicted octanol–water partition coefficient (Wildman–Crippen LogP) is 0.694. The zero-order valence-electron chi connectivity index (χ0n) is 8.80. The van der Waals surface area contributed by atoms with Gasteiger partial charge >= 0.3 is 0 Å². The molecule has 1 rings (SSSR count). The average Bonchev–Trinajstić information content (AvgIpc) is 2.15. The van der Waals surface area contributed by atoms with Crippen molar-refractivity contribution in [2.45, 2.75) is 12.8 Å². The van der Waals surface area contributed by atoms with Gasteiger partial charge < -0.3 is 17.2 Å². The third-order valence-electron chi connectivity index (χ3n) is 1.78. The summed E-state index contributed by atoms with van der Waals surface area (Å²) in [4.78, 5) is 7.65. The van der Waals surface area contributed by atoms with Crippen molar-refractivity contribution in [1.29, 1.82) is 0 Å². The Morgan fingerprint density at radius 1 is 1.19 bits per heavy atom. The van der Waals surface area contributed by atoms with Crippen molar-refractivity contribution in [2.24, 2.45) is 27.2 Å². The molecule has 0 amide bonds. The van der Waals surface area contributed by atoms with E-state index in [0.717, 1.165) is 12.8 Å². The highest BCUT2D eigenvalue weighted by molar-refractivity contribution is 5.92. The standard InChI is InChI=1S/C9H15N5.2ClH/c10-8(11)14-9(12)13-6-7-4-2-1-3-5-7;;/h1-2,5H,3-4,6H2,(H6,10,11,12,13,14);2*1H. The minimum atomic E-state index is -0.0660. The Morgan fingerprint density at radius 3 is 2.38 bits per heavy atom. The van der Waals surface area contributed by atoms with Crippen LogP contribution in [-0.2, 0) is 0 Å². The molecular formula is C9H17Cl2N5. The molecule has 5 nitrogen and oxygen atoms in total. The van der Waals surface area contributed by atoms with Crippen LogP contribution >= 0.6 is 24.8 Å². The fourth-order valence-corrected chi connectivity index (χ4v) is 1.13. The monoisotopic (exact) mass is 265 g/mol. The zero-order valence-corrected chi connectivity index (χ0v) is 10.4. The Balaban J connectivity index is 0. The lowest BCUT2D eigenvalue weighted by Crippen LogP contribution is -2.26. The molecular weight excluding hydrogens is 249 g/mol. The van der Waals surface area contributed by atoms with Crippen molar-refractivity contribution in [1.82, 2.24) is 0 Å². The first-order valence-corrected chi connectivity index (χ1v) is 4.41. The molecule has 1 aliphatic rings. The molecule has 0 aromatic rings. The molecule has 92 valence electrons. The second kappa shape index (κ2) is 9.06. The van der Waals surface area contributed by atoms with Gasteiger partial charge in [0.15, 0.2) is 5.96 Å². The van der Waals surface area contributed by atoms with Crippen LogP contribution in [0.15, 0.2) is 33.8 Å². The first-order valence-electron chi connectivity index (χ1n) is 4.41. The Labute approximate surface area is 107 Å². The van der Waals surface area contributed by atoms with Gasteiger partial charge in [0.1, 0.15) is 0 Å². The molecule has 0 atom stereocenters. The molecule has 0 saturated carbocycles. The van der Waals surface area contributed by atoms with E-state index < -0.39 is 0 Å². The smallest absolute Gasteiger partial charge is 0.218 e. The van der Waals surface area contributed by atoms with Gasteiger partial charge in [-0.1, -0.05) is 18.2 Å². The molecule has 0 aromatic carbocycles. The second-order valence-corrected chi connectivity index (χ2v) is 2.98. The molecule has 0 aromatic heterocycles. The summed E-state index contributed by atoms with van der Waals surface area (Å²) in [6.07, 6.45) is 8.26. The number of hydrogen-bond donors (Lipinski definition) is 3. The SMILES string of the molecule is Cl.Cl.NC(N)=NC(N)=NCC1=CCC=CC1. The first kappa shape index (κ1) is 17.2. The van der Waals surface area contributed by atoms with E-state index in [1.54, 1.807) is 0 Å². The molecule has 16 heavy (non-hydrogen) atoms. The van der Waals surface area contributed by atoms with Crippen LogP contribution in [-0.4, -0.2) is 18.5 Å². The molecule has 0 unspecified atom stereocenters. The number of halogens is 2. The van der Waals surface area contributed by atoms with Gasteiger partial charge in [-0.15, -0.1) is 24.8 Å². The van der Waals surface area contributed by atoms with Crippen LogP contribution in [0.1, 0.15) is 12.8 Å². The van der Waals surface area contributed by atoms with Crippen LogP contribution in [0.4, 0.5) is 0 Å². The Kier molecular flexibility index (Phi) is 9.74. The normalized spacial score (nSPS) is 14.2. The molecule has 0 fully saturated rings. The summed E-state index contributed by atoms with van der Waals surface area (Å²) >= 11 is 0. The Bertz CT molecular complexity index is 316.